The van der Waals surface area contributed by atoms with E-state index in [1.54, 1.807) is 18.2 Å². The van der Waals surface area contributed by atoms with Gasteiger partial charge < -0.3 is 9.47 Å². The van der Waals surface area contributed by atoms with Gasteiger partial charge in [-0.3, -0.25) is 19.4 Å². The van der Waals surface area contributed by atoms with Crippen LogP contribution < -0.4 is 15.1 Å². The molecule has 0 bridgehead atoms. The van der Waals surface area contributed by atoms with Gasteiger partial charge in [-0.2, -0.15) is 5.10 Å². The minimum atomic E-state index is -0.363. The molecule has 1 atom stereocenters. The SMILES string of the molecule is C/C(=N/NC(=O)CN1C(=O)COc2ccccc21)[C@@H](c1ccccc1)N1CCOCC1. The Morgan fingerprint density at radius 3 is 2.58 bits per heavy atom. The van der Waals surface area contributed by atoms with Crippen LogP contribution in [0.15, 0.2) is 59.7 Å². The summed E-state index contributed by atoms with van der Waals surface area (Å²) in [6.45, 7) is 4.62. The molecule has 2 aliphatic heterocycles. The number of amides is 2. The molecule has 0 aliphatic carbocycles. The highest BCUT2D eigenvalue weighted by Gasteiger charge is 2.28. The second-order valence-electron chi connectivity index (χ2n) is 7.49. The van der Waals surface area contributed by atoms with Crippen LogP contribution in [0.1, 0.15) is 18.5 Å². The van der Waals surface area contributed by atoms with Crippen LogP contribution in [0.5, 0.6) is 5.75 Å². The van der Waals surface area contributed by atoms with Crippen LogP contribution in [0.3, 0.4) is 0 Å². The lowest BCUT2D eigenvalue weighted by atomic mass is 10.0. The number of nitrogens with one attached hydrogen (secondary N) is 1. The van der Waals surface area contributed by atoms with Crippen LogP contribution in [0.4, 0.5) is 5.69 Å². The minimum absolute atomic E-state index is 0.0591. The quantitative estimate of drug-likeness (QED) is 0.569. The molecule has 0 aromatic heterocycles. The van der Waals surface area contributed by atoms with E-state index in [4.69, 9.17) is 9.47 Å². The van der Waals surface area contributed by atoms with Crippen molar-refractivity contribution in [2.45, 2.75) is 13.0 Å². The zero-order valence-electron chi connectivity index (χ0n) is 17.5. The smallest absolute Gasteiger partial charge is 0.265 e. The summed E-state index contributed by atoms with van der Waals surface area (Å²) in [6.07, 6.45) is 0. The topological polar surface area (TPSA) is 83.5 Å². The predicted octanol–water partition coefficient (Wildman–Crippen LogP) is 1.98. The monoisotopic (exact) mass is 422 g/mol. The predicted molar refractivity (Wildman–Crippen MR) is 117 cm³/mol. The van der Waals surface area contributed by atoms with Crippen molar-refractivity contribution in [1.82, 2.24) is 10.3 Å². The molecule has 0 radical (unpaired) electrons. The number of para-hydroxylation sites is 2. The Morgan fingerprint density at radius 2 is 1.81 bits per heavy atom. The molecule has 2 aliphatic rings. The Labute approximate surface area is 181 Å². The van der Waals surface area contributed by atoms with E-state index in [-0.39, 0.29) is 31.0 Å². The molecular weight excluding hydrogens is 396 g/mol. The number of rotatable bonds is 6. The summed E-state index contributed by atoms with van der Waals surface area (Å²) < 4.78 is 10.9. The first-order chi connectivity index (χ1) is 15.1. The Hall–Kier alpha value is -3.23. The summed E-state index contributed by atoms with van der Waals surface area (Å²) in [5.41, 5.74) is 5.10. The average molecular weight is 422 g/mol. The van der Waals surface area contributed by atoms with Crippen molar-refractivity contribution >= 4 is 23.2 Å². The zero-order valence-corrected chi connectivity index (χ0v) is 17.5. The largest absolute Gasteiger partial charge is 0.482 e. The number of morpholine rings is 1. The van der Waals surface area contributed by atoms with E-state index >= 15 is 0 Å². The van der Waals surface area contributed by atoms with Crippen molar-refractivity contribution in [2.75, 3.05) is 44.4 Å². The zero-order chi connectivity index (χ0) is 21.6. The highest BCUT2D eigenvalue weighted by atomic mass is 16.5. The summed E-state index contributed by atoms with van der Waals surface area (Å²) in [4.78, 5) is 28.6. The number of hydrogen-bond acceptors (Lipinski definition) is 6. The molecule has 2 aromatic rings. The summed E-state index contributed by atoms with van der Waals surface area (Å²) in [7, 11) is 0. The van der Waals surface area contributed by atoms with Crippen LogP contribution >= 0.6 is 0 Å². The molecule has 1 N–H and O–H groups in total. The molecule has 2 aromatic carbocycles. The Balaban J connectivity index is 1.47. The van der Waals surface area contributed by atoms with E-state index in [2.05, 4.69) is 27.6 Å². The van der Waals surface area contributed by atoms with Gasteiger partial charge in [0.05, 0.1) is 30.7 Å². The maximum atomic E-state index is 12.6. The van der Waals surface area contributed by atoms with Crippen molar-refractivity contribution < 1.29 is 19.1 Å². The van der Waals surface area contributed by atoms with Crippen molar-refractivity contribution in [3.63, 3.8) is 0 Å². The van der Waals surface area contributed by atoms with Gasteiger partial charge in [-0.1, -0.05) is 42.5 Å². The highest BCUT2D eigenvalue weighted by molar-refractivity contribution is 6.02. The fourth-order valence-corrected chi connectivity index (χ4v) is 3.91. The summed E-state index contributed by atoms with van der Waals surface area (Å²) >= 11 is 0. The second kappa shape index (κ2) is 9.72. The first-order valence-electron chi connectivity index (χ1n) is 10.4. The van der Waals surface area contributed by atoms with Gasteiger partial charge in [0.25, 0.3) is 11.8 Å². The van der Waals surface area contributed by atoms with E-state index < -0.39 is 0 Å². The highest BCUT2D eigenvalue weighted by Crippen LogP contribution is 2.31. The first kappa shape index (κ1) is 21.0. The molecule has 0 spiro atoms. The molecule has 8 nitrogen and oxygen atoms in total. The van der Waals surface area contributed by atoms with Crippen LogP contribution in [0.2, 0.25) is 0 Å². The number of benzene rings is 2. The summed E-state index contributed by atoms with van der Waals surface area (Å²) in [6, 6.07) is 17.2. The van der Waals surface area contributed by atoms with E-state index in [0.717, 1.165) is 24.4 Å². The molecule has 2 amide bonds. The van der Waals surface area contributed by atoms with E-state index in [9.17, 15) is 9.59 Å². The van der Waals surface area contributed by atoms with Crippen molar-refractivity contribution in [2.24, 2.45) is 5.10 Å². The first-order valence-corrected chi connectivity index (χ1v) is 10.4. The van der Waals surface area contributed by atoms with Crippen LogP contribution in [0, 0.1) is 0 Å². The molecule has 0 saturated carbocycles. The molecule has 8 heteroatoms. The molecule has 1 saturated heterocycles. The Morgan fingerprint density at radius 1 is 1.10 bits per heavy atom. The van der Waals surface area contributed by atoms with Crippen molar-refractivity contribution in [3.05, 3.63) is 60.2 Å². The fraction of sp³-hybridized carbons (Fsp3) is 0.348. The molecular formula is C23H26N4O4. The van der Waals surface area contributed by atoms with Gasteiger partial charge in [0, 0.05) is 13.1 Å². The lowest BCUT2D eigenvalue weighted by Crippen LogP contribution is -2.45. The average Bonchev–Trinajstić information content (AvgIpc) is 2.81. The minimum Gasteiger partial charge on any atom is -0.482 e. The van der Waals surface area contributed by atoms with E-state index in [1.807, 2.05) is 31.2 Å². The standard InChI is InChI=1S/C23H26N4O4/c1-17(23(18-7-3-2-4-8-18)26-11-13-30-14-12-26)24-25-21(28)15-27-19-9-5-6-10-20(19)31-16-22(27)29/h2-10,23H,11-16H2,1H3,(H,25,28)/b24-17-/t23-/m0/s1. The molecule has 162 valence electrons. The maximum Gasteiger partial charge on any atom is 0.265 e. The lowest BCUT2D eigenvalue weighted by Gasteiger charge is -2.34. The number of nitrogens with zero attached hydrogens (tertiary/aromatic N) is 3. The van der Waals surface area contributed by atoms with E-state index in [0.29, 0.717) is 24.7 Å². The molecule has 0 unspecified atom stereocenters. The number of hydrogen-bond donors (Lipinski definition) is 1. The molecule has 31 heavy (non-hydrogen) atoms. The van der Waals surface area contributed by atoms with Gasteiger partial charge in [0.2, 0.25) is 0 Å². The fourth-order valence-electron chi connectivity index (χ4n) is 3.91. The Kier molecular flexibility index (Phi) is 6.59. The van der Waals surface area contributed by atoms with Gasteiger partial charge in [0.1, 0.15) is 12.3 Å². The van der Waals surface area contributed by atoms with Crippen molar-refractivity contribution in [3.8, 4) is 5.75 Å². The second-order valence-corrected chi connectivity index (χ2v) is 7.49. The lowest BCUT2D eigenvalue weighted by molar-refractivity contribution is -0.125. The van der Waals surface area contributed by atoms with Gasteiger partial charge >= 0.3 is 0 Å². The summed E-state index contributed by atoms with van der Waals surface area (Å²) in [5.74, 6) is -0.0331. The Bertz CT molecular complexity index is 957. The third-order valence-electron chi connectivity index (χ3n) is 5.39. The number of ether oxygens (including phenoxy) is 2. The number of fused-ring (bicyclic) bond motifs is 1. The number of hydrazone groups is 1. The molecule has 1 fully saturated rings. The van der Waals surface area contributed by atoms with Crippen LogP contribution in [-0.2, 0) is 14.3 Å². The number of carbonyl (C=O) groups excluding carboxylic acids is 2. The van der Waals surface area contributed by atoms with Crippen LogP contribution in [0.25, 0.3) is 0 Å². The summed E-state index contributed by atoms with van der Waals surface area (Å²) in [5, 5.41) is 4.39. The number of carbonyl (C=O) groups is 2. The third kappa shape index (κ3) is 4.92. The number of anilines is 1. The van der Waals surface area contributed by atoms with Gasteiger partial charge in [-0.05, 0) is 24.6 Å². The van der Waals surface area contributed by atoms with Gasteiger partial charge in [-0.25, -0.2) is 5.43 Å². The van der Waals surface area contributed by atoms with Crippen molar-refractivity contribution in [1.29, 1.82) is 0 Å². The maximum absolute atomic E-state index is 12.6. The molecule has 2 heterocycles. The van der Waals surface area contributed by atoms with E-state index in [1.165, 1.54) is 4.90 Å². The van der Waals surface area contributed by atoms with Gasteiger partial charge in [-0.15, -0.1) is 0 Å². The molecule has 4 rings (SSSR count). The van der Waals surface area contributed by atoms with Gasteiger partial charge in [0.15, 0.2) is 6.61 Å². The van der Waals surface area contributed by atoms with Crippen LogP contribution in [-0.4, -0.2) is 61.9 Å². The third-order valence-corrected chi connectivity index (χ3v) is 5.39. The normalized spacial score (nSPS) is 18.2.